The largest absolute Gasteiger partial charge is 0.466 e. The maximum atomic E-state index is 12.8. The van der Waals surface area contributed by atoms with Crippen LogP contribution >= 0.6 is 8.07 Å². The monoisotopic (exact) mass is 419 g/mol. The SMILES string of the molecule is COC(=O)C1=C(C(=O)OC)C2(c3ccccc3)NP1C(C(=O)OC)=C2C(=O)OC. The highest BCUT2D eigenvalue weighted by Gasteiger charge is 2.65. The second-order valence-corrected chi connectivity index (χ2v) is 7.77. The fraction of sp³-hybridized carbons (Fsp3) is 0.263. The van der Waals surface area contributed by atoms with Crippen LogP contribution in [0.25, 0.3) is 0 Å². The Morgan fingerprint density at radius 3 is 1.52 bits per heavy atom. The Bertz CT molecular complexity index is 912. The van der Waals surface area contributed by atoms with E-state index >= 15 is 0 Å². The minimum Gasteiger partial charge on any atom is -0.466 e. The van der Waals surface area contributed by atoms with Crippen LogP contribution in [-0.4, -0.2) is 52.3 Å². The molecule has 1 N–H and O–H groups in total. The Hall–Kier alpha value is -3.03. The van der Waals surface area contributed by atoms with Gasteiger partial charge in [0.25, 0.3) is 0 Å². The standard InChI is InChI=1S/C19H18NO8P/c1-25-15(21)11-13(17(23)27-3)29-14(18(24)28-4)12(16(22)26-2)19(11,20-29)10-8-6-5-7-9-10/h5-9,20H,1-4H3. The molecule has 0 atom stereocenters. The van der Waals surface area contributed by atoms with Crippen molar-refractivity contribution in [3.8, 4) is 0 Å². The van der Waals surface area contributed by atoms with Gasteiger partial charge in [0.15, 0.2) is 0 Å². The van der Waals surface area contributed by atoms with E-state index in [1.54, 1.807) is 30.3 Å². The molecule has 1 aromatic rings. The van der Waals surface area contributed by atoms with E-state index in [9.17, 15) is 19.2 Å². The van der Waals surface area contributed by atoms with Gasteiger partial charge in [0.1, 0.15) is 5.54 Å². The molecule has 2 bridgehead atoms. The van der Waals surface area contributed by atoms with Crippen molar-refractivity contribution in [3.05, 3.63) is 57.7 Å². The van der Waals surface area contributed by atoms with E-state index in [0.717, 1.165) is 28.4 Å². The lowest BCUT2D eigenvalue weighted by Crippen LogP contribution is -2.43. The number of fused-ring (bicyclic) bond motifs is 2. The minimum atomic E-state index is -1.95. The van der Waals surface area contributed by atoms with Gasteiger partial charge in [-0.05, 0) is 5.56 Å². The zero-order valence-electron chi connectivity index (χ0n) is 16.1. The molecule has 0 unspecified atom stereocenters. The molecule has 3 rings (SSSR count). The number of hydrogen-bond acceptors (Lipinski definition) is 9. The quantitative estimate of drug-likeness (QED) is 0.425. The number of hydrogen-bond donors (Lipinski definition) is 1. The highest BCUT2D eigenvalue weighted by Crippen LogP contribution is 2.70. The predicted molar refractivity (Wildman–Crippen MR) is 100 cm³/mol. The maximum Gasteiger partial charge on any atom is 0.340 e. The van der Waals surface area contributed by atoms with Crippen molar-refractivity contribution in [3.63, 3.8) is 0 Å². The molecule has 2 aliphatic rings. The third-order valence-electron chi connectivity index (χ3n) is 4.69. The number of rotatable bonds is 5. The van der Waals surface area contributed by atoms with Gasteiger partial charge >= 0.3 is 23.9 Å². The number of carbonyl (C=O) groups is 4. The van der Waals surface area contributed by atoms with Crippen LogP contribution in [0.2, 0.25) is 0 Å². The Morgan fingerprint density at radius 1 is 0.724 bits per heavy atom. The minimum absolute atomic E-state index is 0.0637. The van der Waals surface area contributed by atoms with Gasteiger partial charge in [-0.1, -0.05) is 30.3 Å². The number of carbonyl (C=O) groups excluding carboxylic acids is 4. The lowest BCUT2D eigenvalue weighted by atomic mass is 9.76. The van der Waals surface area contributed by atoms with Crippen LogP contribution < -0.4 is 5.09 Å². The third-order valence-corrected chi connectivity index (χ3v) is 6.96. The van der Waals surface area contributed by atoms with E-state index in [1.165, 1.54) is 0 Å². The summed E-state index contributed by atoms with van der Waals surface area (Å²) >= 11 is 0. The van der Waals surface area contributed by atoms with Crippen LogP contribution in [0.1, 0.15) is 5.56 Å². The molecule has 0 radical (unpaired) electrons. The van der Waals surface area contributed by atoms with Crippen molar-refractivity contribution >= 4 is 31.9 Å². The number of esters is 4. The number of methoxy groups -OCH3 is 4. The number of nitrogens with one attached hydrogen (secondary N) is 1. The molecule has 2 aliphatic heterocycles. The van der Waals surface area contributed by atoms with E-state index in [1.807, 2.05) is 0 Å². The molecular formula is C19H18NO8P. The molecule has 0 saturated carbocycles. The second-order valence-electron chi connectivity index (χ2n) is 5.98. The molecule has 0 aromatic heterocycles. The Morgan fingerprint density at radius 2 is 1.14 bits per heavy atom. The van der Waals surface area contributed by atoms with E-state index in [0.29, 0.717) is 5.56 Å². The first-order chi connectivity index (χ1) is 13.9. The maximum absolute atomic E-state index is 12.8. The van der Waals surface area contributed by atoms with Gasteiger partial charge in [-0.2, -0.15) is 0 Å². The van der Waals surface area contributed by atoms with Crippen molar-refractivity contribution in [2.75, 3.05) is 28.4 Å². The Balaban J connectivity index is 2.46. The second kappa shape index (κ2) is 7.77. The van der Waals surface area contributed by atoms with Gasteiger partial charge in [-0.15, -0.1) is 0 Å². The fourth-order valence-corrected chi connectivity index (χ4v) is 6.18. The summed E-state index contributed by atoms with van der Waals surface area (Å²) in [4.78, 5) is 50.8. The zero-order valence-corrected chi connectivity index (χ0v) is 17.0. The average Bonchev–Trinajstić information content (AvgIpc) is 3.30. The van der Waals surface area contributed by atoms with Crippen LogP contribution in [0.15, 0.2) is 52.1 Å². The van der Waals surface area contributed by atoms with Gasteiger partial charge < -0.3 is 18.9 Å². The first-order valence-corrected chi connectivity index (χ1v) is 9.69. The van der Waals surface area contributed by atoms with Gasteiger partial charge in [-0.3, -0.25) is 5.09 Å². The molecule has 9 nitrogen and oxygen atoms in total. The van der Waals surface area contributed by atoms with Crippen LogP contribution in [0.5, 0.6) is 0 Å². The summed E-state index contributed by atoms with van der Waals surface area (Å²) in [5.41, 5.74) is -1.40. The first-order valence-electron chi connectivity index (χ1n) is 8.35. The molecule has 0 fully saturated rings. The average molecular weight is 419 g/mol. The normalized spacial score (nSPS) is 22.4. The van der Waals surface area contributed by atoms with Crippen molar-refractivity contribution in [2.45, 2.75) is 5.54 Å². The fourth-order valence-electron chi connectivity index (χ4n) is 3.53. The summed E-state index contributed by atoms with van der Waals surface area (Å²) in [5, 5.41) is 3.00. The lowest BCUT2D eigenvalue weighted by molar-refractivity contribution is -0.141. The summed E-state index contributed by atoms with van der Waals surface area (Å²) < 4.78 is 19.5. The van der Waals surface area contributed by atoms with Crippen LogP contribution in [0.4, 0.5) is 0 Å². The van der Waals surface area contributed by atoms with Crippen molar-refractivity contribution in [2.24, 2.45) is 0 Å². The van der Waals surface area contributed by atoms with Crippen LogP contribution in [0, 0.1) is 0 Å². The third kappa shape index (κ3) is 2.85. The van der Waals surface area contributed by atoms with E-state index in [4.69, 9.17) is 18.9 Å². The summed E-state index contributed by atoms with van der Waals surface area (Å²) in [6.45, 7) is 0. The molecule has 1 aromatic carbocycles. The van der Waals surface area contributed by atoms with E-state index in [-0.39, 0.29) is 21.8 Å². The molecule has 10 heteroatoms. The Kier molecular flexibility index (Phi) is 5.55. The summed E-state index contributed by atoms with van der Waals surface area (Å²) in [5.74, 6) is -3.30. The number of ether oxygens (including phenoxy) is 4. The number of benzene rings is 1. The van der Waals surface area contributed by atoms with E-state index in [2.05, 4.69) is 5.09 Å². The molecule has 0 amide bonds. The molecule has 0 aliphatic carbocycles. The van der Waals surface area contributed by atoms with Gasteiger partial charge in [0, 0.05) is 8.07 Å². The summed E-state index contributed by atoms with van der Waals surface area (Å²) in [6.07, 6.45) is 0. The topological polar surface area (TPSA) is 117 Å². The lowest BCUT2D eigenvalue weighted by Gasteiger charge is -2.31. The molecule has 152 valence electrons. The predicted octanol–water partition coefficient (Wildman–Crippen LogP) is 1.10. The summed E-state index contributed by atoms with van der Waals surface area (Å²) in [7, 11) is 2.68. The zero-order chi connectivity index (χ0) is 21.3. The van der Waals surface area contributed by atoms with Crippen molar-refractivity contribution in [1.29, 1.82) is 0 Å². The van der Waals surface area contributed by atoms with Crippen molar-refractivity contribution in [1.82, 2.24) is 5.09 Å². The highest BCUT2D eigenvalue weighted by atomic mass is 31.1. The molecule has 2 heterocycles. The van der Waals surface area contributed by atoms with E-state index < -0.39 is 37.5 Å². The smallest absolute Gasteiger partial charge is 0.340 e. The molecule has 29 heavy (non-hydrogen) atoms. The van der Waals surface area contributed by atoms with Crippen LogP contribution in [0.3, 0.4) is 0 Å². The van der Waals surface area contributed by atoms with Gasteiger partial charge in [0.2, 0.25) is 0 Å². The van der Waals surface area contributed by atoms with Gasteiger partial charge in [-0.25, -0.2) is 19.2 Å². The molecule has 0 saturated heterocycles. The molecular weight excluding hydrogens is 401 g/mol. The Labute approximate surface area is 167 Å². The molecule has 0 spiro atoms. The van der Waals surface area contributed by atoms with Crippen LogP contribution in [-0.2, 0) is 43.7 Å². The van der Waals surface area contributed by atoms with Gasteiger partial charge in [0.05, 0.1) is 50.2 Å². The summed E-state index contributed by atoms with van der Waals surface area (Å²) in [6, 6.07) is 8.46. The van der Waals surface area contributed by atoms with Crippen molar-refractivity contribution < 1.29 is 38.1 Å². The first kappa shape index (κ1) is 20.7. The highest BCUT2D eigenvalue weighted by molar-refractivity contribution is 7.68.